The van der Waals surface area contributed by atoms with Crippen LogP contribution in [0.15, 0.2) is 109 Å². The third-order valence-electron chi connectivity index (χ3n) is 11.0. The number of hydrogen-bond acceptors (Lipinski definition) is 6. The van der Waals surface area contributed by atoms with Crippen molar-refractivity contribution < 1.29 is 18.9 Å². The average molecular weight is 795 g/mol. The van der Waals surface area contributed by atoms with Crippen molar-refractivity contribution in [1.29, 1.82) is 0 Å². The minimum absolute atomic E-state index is 0.254. The van der Waals surface area contributed by atoms with Crippen LogP contribution in [0.1, 0.15) is 74.4 Å². The summed E-state index contributed by atoms with van der Waals surface area (Å²) in [6.07, 6.45) is 9.79. The summed E-state index contributed by atoms with van der Waals surface area (Å²) in [4.78, 5) is 17.9. The van der Waals surface area contributed by atoms with E-state index in [4.69, 9.17) is 28.9 Å². The quantitative estimate of drug-likeness (QED) is 0.120. The van der Waals surface area contributed by atoms with Gasteiger partial charge < -0.3 is 28.9 Å². The lowest BCUT2D eigenvalue weighted by Gasteiger charge is -2.22. The average Bonchev–Trinajstić information content (AvgIpc) is 4.10. The number of hydrogen-bond donors (Lipinski definition) is 2. The van der Waals surface area contributed by atoms with Crippen LogP contribution < -0.4 is 9.47 Å². The maximum absolute atomic E-state index is 6.12. The Kier molecular flexibility index (Phi) is 11.6. The van der Waals surface area contributed by atoms with E-state index >= 15 is 0 Å². The zero-order chi connectivity index (χ0) is 41.7. The molecule has 60 heavy (non-hydrogen) atoms. The van der Waals surface area contributed by atoms with Crippen molar-refractivity contribution in [2.45, 2.75) is 51.7 Å². The molecule has 0 atom stereocenters. The molecule has 0 amide bonds. The third kappa shape index (κ3) is 9.29. The number of fused-ring (bicyclic) bond motifs is 8. The Balaban J connectivity index is 1.28. The van der Waals surface area contributed by atoms with E-state index in [-0.39, 0.29) is 11.2 Å². The van der Waals surface area contributed by atoms with Gasteiger partial charge in [0.05, 0.1) is 58.3 Å². The fourth-order valence-corrected chi connectivity index (χ4v) is 7.00. The molecule has 2 aliphatic rings. The van der Waals surface area contributed by atoms with E-state index in [0.29, 0.717) is 13.2 Å². The van der Waals surface area contributed by atoms with Gasteiger partial charge in [0.2, 0.25) is 0 Å². The molecule has 8 heteroatoms. The molecule has 6 aromatic rings. The molecule has 2 N–H and O–H groups in total. The van der Waals surface area contributed by atoms with Crippen LogP contribution in [0.2, 0.25) is 0 Å². The fourth-order valence-electron chi connectivity index (χ4n) is 7.00. The lowest BCUT2D eigenvalue weighted by Crippen LogP contribution is -2.25. The predicted molar refractivity (Wildman–Crippen MR) is 245 cm³/mol. The molecular formula is C52H50N4O4. The van der Waals surface area contributed by atoms with Gasteiger partial charge in [-0.1, -0.05) is 54.3 Å². The molecule has 3 aromatic heterocycles. The van der Waals surface area contributed by atoms with Gasteiger partial charge in [0, 0.05) is 60.3 Å². The number of ether oxygens (including phenoxy) is 4. The van der Waals surface area contributed by atoms with Gasteiger partial charge in [-0.25, -0.2) is 9.97 Å². The van der Waals surface area contributed by atoms with Gasteiger partial charge in [-0.2, -0.15) is 0 Å². The van der Waals surface area contributed by atoms with Crippen molar-refractivity contribution in [2.75, 3.05) is 27.4 Å². The van der Waals surface area contributed by atoms with Crippen LogP contribution in [0.25, 0.3) is 68.6 Å². The summed E-state index contributed by atoms with van der Waals surface area (Å²) < 4.78 is 23.4. The summed E-state index contributed by atoms with van der Waals surface area (Å²) in [5, 5.41) is 0. The van der Waals surface area contributed by atoms with Crippen molar-refractivity contribution in [3.05, 3.63) is 143 Å². The number of nitrogens with zero attached hydrogens (tertiary/aromatic N) is 2. The number of aromatic nitrogens is 4. The number of methoxy groups -OCH3 is 2. The summed E-state index contributed by atoms with van der Waals surface area (Å²) in [5.41, 5.74) is 12.0. The lowest BCUT2D eigenvalue weighted by molar-refractivity contribution is 0.00511. The minimum atomic E-state index is -0.254. The molecular weight excluding hydrogens is 745 g/mol. The topological polar surface area (TPSA) is 94.3 Å². The van der Waals surface area contributed by atoms with Gasteiger partial charge in [-0.3, -0.25) is 0 Å². The molecule has 8 nitrogen and oxygen atoms in total. The summed E-state index contributed by atoms with van der Waals surface area (Å²) >= 11 is 0. The SMILES string of the molecule is COC(C)(C)CCOc1ccc(-c2c3nc(c(C#Cc4ccccc4)c4ccc([nH]4)c(-c4ccc(OCCC(C)(C)OC)cc4)c4nc(cc5ccc2[nH]5)C=C4)C=C3)cc1. The minimum Gasteiger partial charge on any atom is -0.493 e. The van der Waals surface area contributed by atoms with Gasteiger partial charge in [0.25, 0.3) is 0 Å². The second-order valence-corrected chi connectivity index (χ2v) is 16.1. The molecule has 8 bridgehead atoms. The van der Waals surface area contributed by atoms with E-state index in [1.807, 2.05) is 54.6 Å². The molecule has 0 saturated heterocycles. The largest absolute Gasteiger partial charge is 0.493 e. The summed E-state index contributed by atoms with van der Waals surface area (Å²) in [6, 6.07) is 36.8. The molecule has 5 heterocycles. The molecule has 0 unspecified atom stereocenters. The van der Waals surface area contributed by atoms with Gasteiger partial charge in [-0.15, -0.1) is 0 Å². The second kappa shape index (κ2) is 17.3. The van der Waals surface area contributed by atoms with Crippen molar-refractivity contribution >= 4 is 46.4 Å². The van der Waals surface area contributed by atoms with E-state index < -0.39 is 0 Å². The summed E-state index contributed by atoms with van der Waals surface area (Å²) in [5.74, 6) is 8.49. The van der Waals surface area contributed by atoms with Crippen LogP contribution in [0.4, 0.5) is 0 Å². The maximum atomic E-state index is 6.12. The number of H-pyrrole nitrogens is 2. The molecule has 0 radical (unpaired) electrons. The highest BCUT2D eigenvalue weighted by atomic mass is 16.5. The Morgan fingerprint density at radius 3 is 1.68 bits per heavy atom. The normalized spacial score (nSPS) is 12.3. The first-order valence-electron chi connectivity index (χ1n) is 20.3. The van der Waals surface area contributed by atoms with Crippen LogP contribution in [-0.2, 0) is 9.47 Å². The molecule has 302 valence electrons. The first-order valence-corrected chi connectivity index (χ1v) is 20.3. The highest BCUT2D eigenvalue weighted by molar-refractivity contribution is 5.94. The highest BCUT2D eigenvalue weighted by Crippen LogP contribution is 2.35. The second-order valence-electron chi connectivity index (χ2n) is 16.1. The highest BCUT2D eigenvalue weighted by Gasteiger charge is 2.19. The van der Waals surface area contributed by atoms with Gasteiger partial charge >= 0.3 is 0 Å². The zero-order valence-electron chi connectivity index (χ0n) is 35.1. The summed E-state index contributed by atoms with van der Waals surface area (Å²) in [7, 11) is 3.46. The zero-order valence-corrected chi connectivity index (χ0v) is 35.1. The smallest absolute Gasteiger partial charge is 0.119 e. The van der Waals surface area contributed by atoms with Gasteiger partial charge in [0.1, 0.15) is 11.5 Å². The van der Waals surface area contributed by atoms with Crippen molar-refractivity contribution in [1.82, 2.24) is 19.9 Å². The van der Waals surface area contributed by atoms with Crippen LogP contribution in [-0.4, -0.2) is 58.6 Å². The van der Waals surface area contributed by atoms with Crippen molar-refractivity contribution in [2.24, 2.45) is 0 Å². The Hall–Kier alpha value is -6.66. The Morgan fingerprint density at radius 1 is 0.533 bits per heavy atom. The van der Waals surface area contributed by atoms with Crippen LogP contribution >= 0.6 is 0 Å². The predicted octanol–water partition coefficient (Wildman–Crippen LogP) is 11.8. The van der Waals surface area contributed by atoms with E-state index in [2.05, 4.69) is 128 Å². The van der Waals surface area contributed by atoms with Crippen LogP contribution in [0.3, 0.4) is 0 Å². The van der Waals surface area contributed by atoms with Crippen molar-refractivity contribution in [3.63, 3.8) is 0 Å². The number of aromatic amines is 2. The lowest BCUT2D eigenvalue weighted by atomic mass is 10.0. The number of benzene rings is 3. The van der Waals surface area contributed by atoms with Crippen LogP contribution in [0.5, 0.6) is 11.5 Å². The monoisotopic (exact) mass is 794 g/mol. The molecule has 0 fully saturated rings. The molecule has 0 saturated carbocycles. The molecule has 2 aliphatic heterocycles. The Bertz CT molecular complexity index is 2720. The molecule has 0 spiro atoms. The van der Waals surface area contributed by atoms with E-state index in [1.54, 1.807) is 14.2 Å². The van der Waals surface area contributed by atoms with Crippen LogP contribution in [0, 0.1) is 11.8 Å². The molecule has 0 aliphatic carbocycles. The first-order chi connectivity index (χ1) is 29.1. The van der Waals surface area contributed by atoms with E-state index in [9.17, 15) is 0 Å². The molecule has 3 aromatic carbocycles. The Morgan fingerprint density at radius 2 is 1.07 bits per heavy atom. The maximum Gasteiger partial charge on any atom is 0.119 e. The van der Waals surface area contributed by atoms with E-state index in [1.165, 1.54) is 0 Å². The fraction of sp³-hybridized carbons (Fsp3) is 0.231. The van der Waals surface area contributed by atoms with Crippen molar-refractivity contribution in [3.8, 4) is 45.6 Å². The standard InChI is InChI=1S/C52H50N4O4/c1-51(2,57-5)30-32-59-40-19-13-36(14-20-40)49-45-24-17-38(53-45)34-39-18-25-46(54-39)50(37-15-21-41(22-16-37)60-33-31-52(3,4)58-6)48-29-27-44(56-48)42(43-26-28-47(49)55-43)23-12-35-10-8-7-9-11-35/h7-11,13-22,24-29,34,53,56H,30-33H2,1-6H3. The third-order valence-corrected chi connectivity index (χ3v) is 11.0. The summed E-state index contributed by atoms with van der Waals surface area (Å²) in [6.45, 7) is 9.35. The van der Waals surface area contributed by atoms with E-state index in [0.717, 1.165) is 103 Å². The molecule has 8 rings (SSSR count). The Labute approximate surface area is 352 Å². The van der Waals surface area contributed by atoms with Gasteiger partial charge in [0.15, 0.2) is 0 Å². The number of rotatable bonds is 12. The van der Waals surface area contributed by atoms with Gasteiger partial charge in [-0.05, 0) is 130 Å². The number of nitrogens with one attached hydrogen (secondary N) is 2. The first kappa shape index (κ1) is 40.1.